The van der Waals surface area contributed by atoms with E-state index in [0.717, 1.165) is 37.6 Å². The SMILES string of the molecule is CCOP(=O)(O)O.COc1ccc(C2SCCN2CCCN)cc1OC. The number of nitrogens with zero attached hydrogens (tertiary/aromatic N) is 1. The molecule has 0 amide bonds. The van der Waals surface area contributed by atoms with E-state index in [1.165, 1.54) is 18.2 Å². The van der Waals surface area contributed by atoms with Crippen LogP contribution in [-0.2, 0) is 9.09 Å². The first-order valence-corrected chi connectivity index (χ1v) is 10.9. The predicted molar refractivity (Wildman–Crippen MR) is 104 cm³/mol. The molecular weight excluding hydrogens is 379 g/mol. The molecule has 0 aromatic heterocycles. The highest BCUT2D eigenvalue weighted by molar-refractivity contribution is 7.99. The average molecular weight is 408 g/mol. The van der Waals surface area contributed by atoms with Crippen LogP contribution in [0.4, 0.5) is 0 Å². The van der Waals surface area contributed by atoms with Crippen LogP contribution < -0.4 is 15.2 Å². The summed E-state index contributed by atoms with van der Waals surface area (Å²) in [6.07, 6.45) is 1.05. The van der Waals surface area contributed by atoms with Crippen LogP contribution >= 0.6 is 19.6 Å². The molecule has 150 valence electrons. The fourth-order valence-electron chi connectivity index (χ4n) is 2.51. The zero-order valence-electron chi connectivity index (χ0n) is 15.5. The molecule has 1 aromatic carbocycles. The van der Waals surface area contributed by atoms with Gasteiger partial charge in [-0.05, 0) is 37.6 Å². The molecule has 0 bridgehead atoms. The van der Waals surface area contributed by atoms with Crippen LogP contribution in [0, 0.1) is 0 Å². The lowest BCUT2D eigenvalue weighted by Crippen LogP contribution is -2.25. The minimum absolute atomic E-state index is 0.0459. The minimum Gasteiger partial charge on any atom is -0.493 e. The minimum atomic E-state index is -4.17. The fraction of sp³-hybridized carbons (Fsp3) is 0.625. The second-order valence-electron chi connectivity index (χ2n) is 5.42. The summed E-state index contributed by atoms with van der Waals surface area (Å²) >= 11 is 1.98. The Balaban J connectivity index is 0.000000412. The number of thioether (sulfide) groups is 1. The first kappa shape index (κ1) is 23.2. The molecule has 0 spiro atoms. The maximum atomic E-state index is 9.70. The van der Waals surface area contributed by atoms with E-state index < -0.39 is 7.82 Å². The molecule has 1 aromatic rings. The van der Waals surface area contributed by atoms with Crippen molar-refractivity contribution in [2.24, 2.45) is 5.73 Å². The lowest BCUT2D eigenvalue weighted by atomic mass is 10.1. The molecule has 1 aliphatic heterocycles. The largest absolute Gasteiger partial charge is 0.493 e. The van der Waals surface area contributed by atoms with Crippen LogP contribution in [0.2, 0.25) is 0 Å². The van der Waals surface area contributed by atoms with Crippen molar-refractivity contribution in [3.63, 3.8) is 0 Å². The van der Waals surface area contributed by atoms with Crippen molar-refractivity contribution in [1.82, 2.24) is 4.90 Å². The van der Waals surface area contributed by atoms with Crippen molar-refractivity contribution < 1.29 is 28.3 Å². The Morgan fingerprint density at radius 3 is 2.50 bits per heavy atom. The number of ether oxygens (including phenoxy) is 2. The van der Waals surface area contributed by atoms with Crippen LogP contribution in [0.1, 0.15) is 24.3 Å². The highest BCUT2D eigenvalue weighted by atomic mass is 32.2. The molecule has 1 heterocycles. The Kier molecular flexibility index (Phi) is 10.6. The van der Waals surface area contributed by atoms with Gasteiger partial charge in [0.15, 0.2) is 11.5 Å². The van der Waals surface area contributed by atoms with E-state index in [4.69, 9.17) is 25.0 Å². The molecule has 0 saturated carbocycles. The van der Waals surface area contributed by atoms with Crippen molar-refractivity contribution in [3.8, 4) is 11.5 Å². The van der Waals surface area contributed by atoms with Crippen molar-refractivity contribution in [2.75, 3.05) is 46.2 Å². The molecule has 1 saturated heterocycles. The number of rotatable bonds is 8. The Bertz CT molecular complexity index is 586. The second kappa shape index (κ2) is 11.8. The van der Waals surface area contributed by atoms with Crippen LogP contribution in [0.5, 0.6) is 11.5 Å². The summed E-state index contributed by atoms with van der Waals surface area (Å²) in [4.78, 5) is 18.3. The molecular formula is C16H29N2O6PS. The fourth-order valence-corrected chi connectivity index (χ4v) is 4.17. The van der Waals surface area contributed by atoms with Gasteiger partial charge >= 0.3 is 7.82 Å². The summed E-state index contributed by atoms with van der Waals surface area (Å²) in [5.74, 6) is 2.75. The van der Waals surface area contributed by atoms with E-state index in [1.807, 2.05) is 17.8 Å². The molecule has 1 fully saturated rings. The Hall–Kier alpha value is -0.800. The van der Waals surface area contributed by atoms with Crippen LogP contribution in [-0.4, -0.2) is 60.9 Å². The van der Waals surface area contributed by atoms with Gasteiger partial charge in [-0.2, -0.15) is 0 Å². The maximum absolute atomic E-state index is 9.70. The van der Waals surface area contributed by atoms with E-state index in [9.17, 15) is 4.57 Å². The Morgan fingerprint density at radius 2 is 2.00 bits per heavy atom. The van der Waals surface area contributed by atoms with Gasteiger partial charge in [0, 0.05) is 18.8 Å². The standard InChI is InChI=1S/C14H22N2O2S.C2H7O4P/c1-17-12-5-4-11(10-13(12)18-2)14-16(7-3-6-15)8-9-19-14;1-2-6-7(3,4)5/h4-5,10,14H,3,6-9,15H2,1-2H3;2H2,1H3,(H2,3,4,5). The maximum Gasteiger partial charge on any atom is 0.469 e. The summed E-state index contributed by atoms with van der Waals surface area (Å²) in [6, 6.07) is 6.19. The Labute approximate surface area is 159 Å². The average Bonchev–Trinajstić information content (AvgIpc) is 3.07. The number of hydrogen-bond donors (Lipinski definition) is 3. The van der Waals surface area contributed by atoms with Gasteiger partial charge in [0.05, 0.1) is 26.2 Å². The number of benzene rings is 1. The smallest absolute Gasteiger partial charge is 0.469 e. The normalized spacial score (nSPS) is 17.5. The molecule has 8 nitrogen and oxygen atoms in total. The van der Waals surface area contributed by atoms with Crippen molar-refractivity contribution >= 4 is 19.6 Å². The van der Waals surface area contributed by atoms with Crippen molar-refractivity contribution in [1.29, 1.82) is 0 Å². The first-order chi connectivity index (χ1) is 12.4. The van der Waals surface area contributed by atoms with E-state index in [0.29, 0.717) is 5.37 Å². The quantitative estimate of drug-likeness (QED) is 0.557. The summed E-state index contributed by atoms with van der Waals surface area (Å²) in [7, 11) is -0.827. The van der Waals surface area contributed by atoms with Crippen molar-refractivity contribution in [2.45, 2.75) is 18.7 Å². The van der Waals surface area contributed by atoms with Gasteiger partial charge in [0.2, 0.25) is 0 Å². The topological polar surface area (TPSA) is 114 Å². The lowest BCUT2D eigenvalue weighted by Gasteiger charge is -2.24. The highest BCUT2D eigenvalue weighted by Gasteiger charge is 2.26. The van der Waals surface area contributed by atoms with Gasteiger partial charge < -0.3 is 25.0 Å². The third kappa shape index (κ3) is 7.84. The van der Waals surface area contributed by atoms with Crippen molar-refractivity contribution in [3.05, 3.63) is 23.8 Å². The molecule has 0 aliphatic carbocycles. The van der Waals surface area contributed by atoms with Gasteiger partial charge in [-0.15, -0.1) is 11.8 Å². The lowest BCUT2D eigenvalue weighted by molar-refractivity contribution is 0.206. The molecule has 2 rings (SSSR count). The monoisotopic (exact) mass is 408 g/mol. The number of methoxy groups -OCH3 is 2. The molecule has 10 heteroatoms. The summed E-state index contributed by atoms with van der Waals surface area (Å²) in [5.41, 5.74) is 6.88. The molecule has 0 radical (unpaired) electrons. The van der Waals surface area contributed by atoms with Crippen LogP contribution in [0.3, 0.4) is 0 Å². The summed E-state index contributed by atoms with van der Waals surface area (Å²) in [5, 5.41) is 0.409. The number of phosphoric ester groups is 1. The number of phosphoric acid groups is 1. The second-order valence-corrected chi connectivity index (χ2v) is 7.85. The van der Waals surface area contributed by atoms with Gasteiger partial charge in [-0.3, -0.25) is 9.42 Å². The van der Waals surface area contributed by atoms with E-state index >= 15 is 0 Å². The van der Waals surface area contributed by atoms with Gasteiger partial charge in [-0.25, -0.2) is 4.57 Å². The summed E-state index contributed by atoms with van der Waals surface area (Å²) < 4.78 is 24.3. The highest BCUT2D eigenvalue weighted by Crippen LogP contribution is 2.40. The van der Waals surface area contributed by atoms with Gasteiger partial charge in [0.1, 0.15) is 0 Å². The predicted octanol–water partition coefficient (Wildman–Crippen LogP) is 2.22. The van der Waals surface area contributed by atoms with E-state index in [-0.39, 0.29) is 6.61 Å². The first-order valence-electron chi connectivity index (χ1n) is 8.34. The zero-order chi connectivity index (χ0) is 19.6. The molecule has 1 aliphatic rings. The van der Waals surface area contributed by atoms with E-state index in [2.05, 4.69) is 21.6 Å². The van der Waals surface area contributed by atoms with E-state index in [1.54, 1.807) is 14.2 Å². The molecule has 1 unspecified atom stereocenters. The Morgan fingerprint density at radius 1 is 1.31 bits per heavy atom. The third-order valence-electron chi connectivity index (χ3n) is 3.63. The molecule has 26 heavy (non-hydrogen) atoms. The molecule has 4 N–H and O–H groups in total. The number of hydrogen-bond acceptors (Lipinski definition) is 7. The number of nitrogens with two attached hydrogens (primary N) is 1. The zero-order valence-corrected chi connectivity index (χ0v) is 17.2. The van der Waals surface area contributed by atoms with Crippen LogP contribution in [0.15, 0.2) is 18.2 Å². The van der Waals surface area contributed by atoms with Gasteiger partial charge in [-0.1, -0.05) is 6.07 Å². The third-order valence-corrected chi connectivity index (χ3v) is 5.52. The molecule has 1 atom stereocenters. The van der Waals surface area contributed by atoms with Gasteiger partial charge in [0.25, 0.3) is 0 Å². The van der Waals surface area contributed by atoms with Crippen LogP contribution in [0.25, 0.3) is 0 Å². The summed E-state index contributed by atoms with van der Waals surface area (Å²) in [6.45, 7) is 4.50.